The van der Waals surface area contributed by atoms with Crippen LogP contribution in [0.2, 0.25) is 0 Å². The normalized spacial score (nSPS) is 21.1. The van der Waals surface area contributed by atoms with Crippen LogP contribution < -0.4 is 5.73 Å². The molecule has 1 fully saturated rings. The molecule has 1 aliphatic rings. The van der Waals surface area contributed by atoms with Crippen LogP contribution in [0.1, 0.15) is 13.8 Å². The number of hydrogen-bond acceptors (Lipinski definition) is 4. The highest BCUT2D eigenvalue weighted by Crippen LogP contribution is 2.17. The Morgan fingerprint density at radius 3 is 2.29 bits per heavy atom. The van der Waals surface area contributed by atoms with Gasteiger partial charge >= 0.3 is 0 Å². The van der Waals surface area contributed by atoms with Gasteiger partial charge in [0.25, 0.3) is 6.43 Å². The summed E-state index contributed by atoms with van der Waals surface area (Å²) in [5.74, 6) is 0.139. The van der Waals surface area contributed by atoms with Crippen molar-refractivity contribution in [2.75, 3.05) is 32.7 Å². The fourth-order valence-electron chi connectivity index (χ4n) is 1.97. The van der Waals surface area contributed by atoms with Crippen LogP contribution in [0.25, 0.3) is 0 Å². The average molecular weight is 250 g/mol. The van der Waals surface area contributed by atoms with E-state index in [0.29, 0.717) is 26.2 Å². The molecule has 0 aliphatic carbocycles. The van der Waals surface area contributed by atoms with Crippen LogP contribution in [-0.2, 0) is 0 Å². The molecule has 0 aromatic carbocycles. The monoisotopic (exact) mass is 250 g/mol. The Balaban J connectivity index is 2.52. The van der Waals surface area contributed by atoms with E-state index in [0.717, 1.165) is 0 Å². The summed E-state index contributed by atoms with van der Waals surface area (Å²) in [4.78, 5) is 3.76. The summed E-state index contributed by atoms with van der Waals surface area (Å²) >= 11 is 0. The molecule has 1 saturated heterocycles. The lowest BCUT2D eigenvalue weighted by molar-refractivity contribution is 0.0378. The molecule has 1 heterocycles. The average Bonchev–Trinajstić information content (AvgIpc) is 2.27. The Bertz CT molecular complexity index is 275. The molecule has 0 bridgehead atoms. The van der Waals surface area contributed by atoms with Crippen molar-refractivity contribution in [2.45, 2.75) is 25.8 Å². The summed E-state index contributed by atoms with van der Waals surface area (Å²) in [6.45, 7) is 5.94. The summed E-state index contributed by atoms with van der Waals surface area (Å²) in [5.41, 5.74) is 5.07. The van der Waals surface area contributed by atoms with Gasteiger partial charge in [-0.2, -0.15) is 0 Å². The summed E-state index contributed by atoms with van der Waals surface area (Å²) < 4.78 is 24.4. The second-order valence-electron chi connectivity index (χ2n) is 4.72. The van der Waals surface area contributed by atoms with E-state index in [2.05, 4.69) is 5.16 Å². The number of oxime groups is 1. The van der Waals surface area contributed by atoms with Crippen LogP contribution in [0.3, 0.4) is 0 Å². The number of nitrogens with zero attached hydrogens (tertiary/aromatic N) is 3. The Morgan fingerprint density at radius 2 is 1.88 bits per heavy atom. The summed E-state index contributed by atoms with van der Waals surface area (Å²) in [5, 5.41) is 11.7. The van der Waals surface area contributed by atoms with Crippen LogP contribution in [-0.4, -0.2) is 65.5 Å². The first-order valence-corrected chi connectivity index (χ1v) is 5.61. The lowest BCUT2D eigenvalue weighted by Crippen LogP contribution is -2.60. The molecule has 0 spiro atoms. The molecule has 0 saturated carbocycles. The highest BCUT2D eigenvalue weighted by Gasteiger charge is 2.34. The summed E-state index contributed by atoms with van der Waals surface area (Å²) in [6.07, 6.45) is -2.29. The molecule has 100 valence electrons. The van der Waals surface area contributed by atoms with E-state index in [4.69, 9.17) is 10.9 Å². The topological polar surface area (TPSA) is 65.1 Å². The lowest BCUT2D eigenvalue weighted by Gasteiger charge is -2.43. The predicted molar refractivity (Wildman–Crippen MR) is 61.5 cm³/mol. The standard InChI is InChI=1S/C10H20F2N4O/c1-10(2,9(13)14-17)16-5-3-15(4-6-16)7-8(11)12/h8,17H,3-7H2,1-2H3,(H2,13,14). The first-order chi connectivity index (χ1) is 7.87. The van der Waals surface area contributed by atoms with E-state index in [9.17, 15) is 8.78 Å². The minimum atomic E-state index is -2.29. The number of nitrogens with two attached hydrogens (primary N) is 1. The van der Waals surface area contributed by atoms with Gasteiger partial charge in [-0.15, -0.1) is 0 Å². The molecule has 3 N–H and O–H groups in total. The number of rotatable bonds is 4. The number of amidine groups is 1. The van der Waals surface area contributed by atoms with Crippen LogP contribution in [0, 0.1) is 0 Å². The van der Waals surface area contributed by atoms with Crippen molar-refractivity contribution in [1.29, 1.82) is 0 Å². The van der Waals surface area contributed by atoms with Gasteiger partial charge in [-0.05, 0) is 13.8 Å². The summed E-state index contributed by atoms with van der Waals surface area (Å²) in [7, 11) is 0. The smallest absolute Gasteiger partial charge is 0.251 e. The largest absolute Gasteiger partial charge is 0.409 e. The minimum Gasteiger partial charge on any atom is -0.409 e. The van der Waals surface area contributed by atoms with Crippen molar-refractivity contribution in [3.63, 3.8) is 0 Å². The van der Waals surface area contributed by atoms with Gasteiger partial charge in [0.05, 0.1) is 12.1 Å². The number of hydrogen-bond donors (Lipinski definition) is 2. The maximum Gasteiger partial charge on any atom is 0.251 e. The zero-order valence-corrected chi connectivity index (χ0v) is 10.2. The van der Waals surface area contributed by atoms with Gasteiger partial charge < -0.3 is 10.9 Å². The van der Waals surface area contributed by atoms with Crippen molar-refractivity contribution < 1.29 is 14.0 Å². The first-order valence-electron chi connectivity index (χ1n) is 5.61. The van der Waals surface area contributed by atoms with E-state index in [1.807, 2.05) is 18.7 Å². The van der Waals surface area contributed by atoms with Crippen molar-refractivity contribution in [3.05, 3.63) is 0 Å². The van der Waals surface area contributed by atoms with Gasteiger partial charge in [0, 0.05) is 26.2 Å². The van der Waals surface area contributed by atoms with Crippen LogP contribution in [0.4, 0.5) is 8.78 Å². The highest BCUT2D eigenvalue weighted by atomic mass is 19.3. The van der Waals surface area contributed by atoms with E-state index in [1.54, 1.807) is 4.90 Å². The maximum absolute atomic E-state index is 12.2. The van der Waals surface area contributed by atoms with Gasteiger partial charge in [0.15, 0.2) is 5.84 Å². The van der Waals surface area contributed by atoms with Crippen molar-refractivity contribution in [2.24, 2.45) is 10.9 Å². The summed E-state index contributed by atoms with van der Waals surface area (Å²) in [6, 6.07) is 0. The van der Waals surface area contributed by atoms with Crippen LogP contribution in [0.5, 0.6) is 0 Å². The second-order valence-corrected chi connectivity index (χ2v) is 4.72. The van der Waals surface area contributed by atoms with Gasteiger partial charge in [0.1, 0.15) is 0 Å². The number of alkyl halides is 2. The molecular formula is C10H20F2N4O. The van der Waals surface area contributed by atoms with Crippen molar-refractivity contribution in [1.82, 2.24) is 9.80 Å². The van der Waals surface area contributed by atoms with Gasteiger partial charge in [-0.25, -0.2) is 8.78 Å². The Labute approximate surface area is 99.9 Å². The molecule has 1 rings (SSSR count). The molecule has 17 heavy (non-hydrogen) atoms. The fraction of sp³-hybridized carbons (Fsp3) is 0.900. The van der Waals surface area contributed by atoms with Crippen molar-refractivity contribution in [3.8, 4) is 0 Å². The zero-order valence-electron chi connectivity index (χ0n) is 10.2. The fourth-order valence-corrected chi connectivity index (χ4v) is 1.97. The molecule has 0 aromatic rings. The number of piperazine rings is 1. The Hall–Kier alpha value is -0.950. The van der Waals surface area contributed by atoms with Crippen LogP contribution >= 0.6 is 0 Å². The first kappa shape index (κ1) is 14.1. The SMILES string of the molecule is CC(C)(/C(N)=N/O)N1CCN(CC(F)F)CC1. The van der Waals surface area contributed by atoms with Crippen LogP contribution in [0.15, 0.2) is 5.16 Å². The Kier molecular flexibility index (Phi) is 4.64. The van der Waals surface area contributed by atoms with E-state index >= 15 is 0 Å². The predicted octanol–water partition coefficient (Wildman–Crippen LogP) is 0.394. The molecule has 5 nitrogen and oxygen atoms in total. The Morgan fingerprint density at radius 1 is 1.35 bits per heavy atom. The molecule has 7 heteroatoms. The van der Waals surface area contributed by atoms with Gasteiger partial charge in [0.2, 0.25) is 0 Å². The zero-order chi connectivity index (χ0) is 13.1. The quantitative estimate of drug-likeness (QED) is 0.328. The molecular weight excluding hydrogens is 230 g/mol. The minimum absolute atomic E-state index is 0.139. The van der Waals surface area contributed by atoms with E-state index in [-0.39, 0.29) is 12.4 Å². The maximum atomic E-state index is 12.2. The molecule has 1 aliphatic heterocycles. The van der Waals surface area contributed by atoms with Crippen molar-refractivity contribution >= 4 is 5.84 Å². The molecule has 0 radical (unpaired) electrons. The lowest BCUT2D eigenvalue weighted by atomic mass is 10.0. The van der Waals surface area contributed by atoms with Gasteiger partial charge in [-0.3, -0.25) is 9.80 Å². The molecule has 0 amide bonds. The third-order valence-electron chi connectivity index (χ3n) is 3.29. The van der Waals surface area contributed by atoms with Gasteiger partial charge in [-0.1, -0.05) is 5.16 Å². The molecule has 0 aromatic heterocycles. The molecule has 0 atom stereocenters. The number of halogens is 2. The molecule has 0 unspecified atom stereocenters. The van der Waals surface area contributed by atoms with E-state index in [1.165, 1.54) is 0 Å². The van der Waals surface area contributed by atoms with E-state index < -0.39 is 12.0 Å². The third kappa shape index (κ3) is 3.50. The second kappa shape index (κ2) is 5.59. The third-order valence-corrected chi connectivity index (χ3v) is 3.29. The highest BCUT2D eigenvalue weighted by molar-refractivity contribution is 5.88.